The Labute approximate surface area is 119 Å². The van der Waals surface area contributed by atoms with Gasteiger partial charge < -0.3 is 10.2 Å². The Bertz CT molecular complexity index is 541. The van der Waals surface area contributed by atoms with Crippen LogP contribution in [-0.2, 0) is 14.4 Å². The lowest BCUT2D eigenvalue weighted by atomic mass is 10.3. The van der Waals surface area contributed by atoms with Gasteiger partial charge in [0.25, 0.3) is 10.1 Å². The van der Waals surface area contributed by atoms with Crippen molar-refractivity contribution in [3.8, 4) is 0 Å². The Morgan fingerprint density at radius 1 is 1.35 bits per heavy atom. The number of aromatic nitrogens is 1. The van der Waals surface area contributed by atoms with E-state index in [1.807, 2.05) is 19.1 Å². The van der Waals surface area contributed by atoms with Crippen LogP contribution in [0.2, 0.25) is 0 Å². The van der Waals surface area contributed by atoms with E-state index >= 15 is 0 Å². The van der Waals surface area contributed by atoms with Gasteiger partial charge in [-0.1, -0.05) is 0 Å². The summed E-state index contributed by atoms with van der Waals surface area (Å²) >= 11 is 0. The molecule has 7 nitrogen and oxygen atoms in total. The summed E-state index contributed by atoms with van der Waals surface area (Å²) in [5, 5.41) is 4.75. The highest BCUT2D eigenvalue weighted by atomic mass is 32.2. The predicted molar refractivity (Wildman–Crippen MR) is 78.1 cm³/mol. The molecule has 112 valence electrons. The first-order valence-corrected chi connectivity index (χ1v) is 8.39. The van der Waals surface area contributed by atoms with E-state index in [2.05, 4.69) is 15.2 Å². The van der Waals surface area contributed by atoms with Gasteiger partial charge in [0.2, 0.25) is 0 Å². The maximum atomic E-state index is 11.1. The summed E-state index contributed by atoms with van der Waals surface area (Å²) in [6, 6.07) is 3.88. The van der Waals surface area contributed by atoms with Crippen molar-refractivity contribution in [1.29, 1.82) is 0 Å². The molecule has 1 aromatic heterocycles. The monoisotopic (exact) mass is 300 g/mol. The van der Waals surface area contributed by atoms with Crippen LogP contribution in [-0.4, -0.2) is 57.4 Å². The summed E-state index contributed by atoms with van der Waals surface area (Å²) in [5.74, 6) is 0.897. The number of anilines is 2. The predicted octanol–water partition coefficient (Wildman–Crippen LogP) is 0.527. The SMILES string of the molecule is CCNc1cccnc1N1CCN(OS(C)(=O)=O)CC1. The van der Waals surface area contributed by atoms with E-state index in [1.54, 1.807) is 6.20 Å². The molecular weight excluding hydrogens is 280 g/mol. The summed E-state index contributed by atoms with van der Waals surface area (Å²) in [6.45, 7) is 5.25. The number of pyridine rings is 1. The molecule has 1 fully saturated rings. The minimum absolute atomic E-state index is 0.523. The first-order chi connectivity index (χ1) is 9.49. The second kappa shape index (κ2) is 6.38. The zero-order valence-electron chi connectivity index (χ0n) is 11.7. The molecule has 8 heteroatoms. The molecule has 0 saturated carbocycles. The van der Waals surface area contributed by atoms with Crippen LogP contribution < -0.4 is 10.2 Å². The average Bonchev–Trinajstić information content (AvgIpc) is 2.39. The first-order valence-electron chi connectivity index (χ1n) is 6.58. The lowest BCUT2D eigenvalue weighted by Gasteiger charge is -2.34. The van der Waals surface area contributed by atoms with Crippen LogP contribution in [0.1, 0.15) is 6.92 Å². The quantitative estimate of drug-likeness (QED) is 0.850. The highest BCUT2D eigenvalue weighted by Gasteiger charge is 2.22. The van der Waals surface area contributed by atoms with Crippen LogP contribution in [0, 0.1) is 0 Å². The molecule has 1 aromatic rings. The van der Waals surface area contributed by atoms with Gasteiger partial charge in [0.1, 0.15) is 0 Å². The summed E-state index contributed by atoms with van der Waals surface area (Å²) in [5.41, 5.74) is 0.993. The maximum absolute atomic E-state index is 11.1. The molecular formula is C12H20N4O3S. The van der Waals surface area contributed by atoms with Crippen LogP contribution >= 0.6 is 0 Å². The molecule has 0 atom stereocenters. The molecule has 0 bridgehead atoms. The number of nitrogens with one attached hydrogen (secondary N) is 1. The molecule has 20 heavy (non-hydrogen) atoms. The molecule has 0 spiro atoms. The number of hydroxylamine groups is 2. The van der Waals surface area contributed by atoms with Gasteiger partial charge in [-0.3, -0.25) is 0 Å². The van der Waals surface area contributed by atoms with Crippen LogP contribution in [0.15, 0.2) is 18.3 Å². The van der Waals surface area contributed by atoms with Gasteiger partial charge in [-0.2, -0.15) is 17.8 Å². The van der Waals surface area contributed by atoms with Gasteiger partial charge in [0, 0.05) is 38.9 Å². The first kappa shape index (κ1) is 15.0. The van der Waals surface area contributed by atoms with E-state index in [-0.39, 0.29) is 0 Å². The zero-order chi connectivity index (χ0) is 14.6. The largest absolute Gasteiger partial charge is 0.382 e. The Morgan fingerprint density at radius 3 is 2.65 bits per heavy atom. The fourth-order valence-corrected chi connectivity index (χ4v) is 2.68. The van der Waals surface area contributed by atoms with E-state index < -0.39 is 10.1 Å². The smallest absolute Gasteiger partial charge is 0.280 e. The van der Waals surface area contributed by atoms with E-state index in [0.29, 0.717) is 26.2 Å². The normalized spacial score (nSPS) is 17.2. The Morgan fingerprint density at radius 2 is 2.05 bits per heavy atom. The molecule has 1 aliphatic rings. The van der Waals surface area contributed by atoms with E-state index in [0.717, 1.165) is 24.3 Å². The van der Waals surface area contributed by atoms with Crippen molar-refractivity contribution in [3.05, 3.63) is 18.3 Å². The van der Waals surface area contributed by atoms with E-state index in [4.69, 9.17) is 4.28 Å². The van der Waals surface area contributed by atoms with E-state index in [1.165, 1.54) is 5.06 Å². The molecule has 2 rings (SSSR count). The lowest BCUT2D eigenvalue weighted by molar-refractivity contribution is -0.0542. The third-order valence-electron chi connectivity index (χ3n) is 2.93. The Kier molecular flexibility index (Phi) is 4.79. The Hall–Kier alpha value is -1.38. The molecule has 1 N–H and O–H groups in total. The fraction of sp³-hybridized carbons (Fsp3) is 0.583. The minimum atomic E-state index is -3.44. The summed E-state index contributed by atoms with van der Waals surface area (Å²) in [6.07, 6.45) is 2.82. The topological polar surface area (TPSA) is 74.8 Å². The van der Waals surface area contributed by atoms with Crippen molar-refractivity contribution in [1.82, 2.24) is 10.0 Å². The van der Waals surface area contributed by atoms with Crippen molar-refractivity contribution < 1.29 is 12.7 Å². The third kappa shape index (κ3) is 4.06. The number of nitrogens with zero attached hydrogens (tertiary/aromatic N) is 3. The van der Waals surface area contributed by atoms with Crippen LogP contribution in [0.5, 0.6) is 0 Å². The van der Waals surface area contributed by atoms with Gasteiger partial charge in [-0.15, -0.1) is 0 Å². The summed E-state index contributed by atoms with van der Waals surface area (Å²) < 4.78 is 27.1. The van der Waals surface area contributed by atoms with E-state index in [9.17, 15) is 8.42 Å². The van der Waals surface area contributed by atoms with Crippen LogP contribution in [0.4, 0.5) is 11.5 Å². The molecule has 0 aliphatic carbocycles. The van der Waals surface area contributed by atoms with Gasteiger partial charge >= 0.3 is 0 Å². The standard InChI is InChI=1S/C12H20N4O3S/c1-3-13-11-5-4-6-14-12(11)15-7-9-16(10-8-15)19-20(2,17)18/h4-6,13H,3,7-10H2,1-2H3. The molecule has 0 radical (unpaired) electrons. The third-order valence-corrected chi connectivity index (χ3v) is 3.41. The average molecular weight is 300 g/mol. The fourth-order valence-electron chi connectivity index (χ4n) is 2.14. The van der Waals surface area contributed by atoms with Crippen molar-refractivity contribution in [2.75, 3.05) is 49.2 Å². The van der Waals surface area contributed by atoms with Crippen molar-refractivity contribution in [2.45, 2.75) is 6.92 Å². The number of hydrogen-bond acceptors (Lipinski definition) is 7. The molecule has 0 aromatic carbocycles. The summed E-state index contributed by atoms with van der Waals surface area (Å²) in [7, 11) is -3.44. The van der Waals surface area contributed by atoms with Gasteiger partial charge in [0.05, 0.1) is 11.9 Å². The second-order valence-electron chi connectivity index (χ2n) is 4.60. The lowest BCUT2D eigenvalue weighted by Crippen LogP contribution is -2.47. The van der Waals surface area contributed by atoms with Crippen LogP contribution in [0.25, 0.3) is 0 Å². The van der Waals surface area contributed by atoms with Gasteiger partial charge in [-0.05, 0) is 19.1 Å². The van der Waals surface area contributed by atoms with Crippen molar-refractivity contribution in [3.63, 3.8) is 0 Å². The number of piperazine rings is 1. The number of hydrogen-bond donors (Lipinski definition) is 1. The van der Waals surface area contributed by atoms with Crippen LogP contribution in [0.3, 0.4) is 0 Å². The zero-order valence-corrected chi connectivity index (χ0v) is 12.6. The summed E-state index contributed by atoms with van der Waals surface area (Å²) in [4.78, 5) is 6.53. The van der Waals surface area contributed by atoms with Gasteiger partial charge in [-0.25, -0.2) is 4.98 Å². The molecule has 1 aliphatic heterocycles. The highest BCUT2D eigenvalue weighted by Crippen LogP contribution is 2.23. The number of rotatable bonds is 5. The second-order valence-corrected chi connectivity index (χ2v) is 6.16. The molecule has 1 saturated heterocycles. The molecule has 0 amide bonds. The van der Waals surface area contributed by atoms with Gasteiger partial charge in [0.15, 0.2) is 5.82 Å². The minimum Gasteiger partial charge on any atom is -0.382 e. The maximum Gasteiger partial charge on any atom is 0.280 e. The molecule has 2 heterocycles. The van der Waals surface area contributed by atoms with Crippen molar-refractivity contribution in [2.24, 2.45) is 0 Å². The Balaban J connectivity index is 2.00. The molecule has 0 unspecified atom stereocenters. The highest BCUT2D eigenvalue weighted by molar-refractivity contribution is 7.85. The van der Waals surface area contributed by atoms with Crippen molar-refractivity contribution >= 4 is 21.6 Å².